The number of aliphatic hydroxyl groups is 1. The molecule has 6 heteroatoms. The molecule has 0 bridgehead atoms. The number of nitrogens with zero attached hydrogens (tertiary/aromatic N) is 1. The van der Waals surface area contributed by atoms with Crippen LogP contribution in [0.4, 0.5) is 0 Å². The van der Waals surface area contributed by atoms with E-state index in [2.05, 4.69) is 4.98 Å². The number of hydrogen-bond acceptors (Lipinski definition) is 5. The minimum absolute atomic E-state index is 0.0904. The molecular weight excluding hydrogens is 282 g/mol. The van der Waals surface area contributed by atoms with E-state index in [0.717, 1.165) is 0 Å². The van der Waals surface area contributed by atoms with Crippen molar-refractivity contribution in [3.05, 3.63) is 46.5 Å². The van der Waals surface area contributed by atoms with Crippen LogP contribution in [0.25, 0.3) is 6.08 Å². The minimum Gasteiger partial charge on any atom is -0.501 e. The summed E-state index contributed by atoms with van der Waals surface area (Å²) < 4.78 is 9.76. The molecule has 1 aromatic heterocycles. The van der Waals surface area contributed by atoms with Crippen LogP contribution < -0.4 is 0 Å². The summed E-state index contributed by atoms with van der Waals surface area (Å²) in [6, 6.07) is 1.45. The molecule has 1 heterocycles. The number of esters is 1. The maximum absolute atomic E-state index is 11.6. The third-order valence-corrected chi connectivity index (χ3v) is 2.71. The molecule has 0 aromatic carbocycles. The summed E-state index contributed by atoms with van der Waals surface area (Å²) in [6.45, 7) is -0.0904. The van der Waals surface area contributed by atoms with E-state index >= 15 is 0 Å². The SMILES string of the molecule is COC(=O)c1cc(Cl)ncc1C=CCC(=CCO)OC. The average Bonchev–Trinajstić information content (AvgIpc) is 2.46. The Morgan fingerprint density at radius 3 is 2.80 bits per heavy atom. The standard InChI is InChI=1S/C14H16ClNO4/c1-19-11(6-7-17)5-3-4-10-9-16-13(15)8-12(10)14(18)20-2/h3-4,6,8-9,17H,5,7H2,1-2H3. The molecular formula is C14H16ClNO4. The number of aromatic nitrogens is 1. The van der Waals surface area contributed by atoms with Crippen molar-refractivity contribution in [1.29, 1.82) is 0 Å². The zero-order valence-corrected chi connectivity index (χ0v) is 12.1. The Kier molecular flexibility index (Phi) is 6.76. The van der Waals surface area contributed by atoms with Gasteiger partial charge in [-0.2, -0.15) is 0 Å². The van der Waals surface area contributed by atoms with Crippen LogP contribution in [0.2, 0.25) is 5.15 Å². The highest BCUT2D eigenvalue weighted by Gasteiger charge is 2.11. The summed E-state index contributed by atoms with van der Waals surface area (Å²) in [4.78, 5) is 15.6. The monoisotopic (exact) mass is 297 g/mol. The van der Waals surface area contributed by atoms with Crippen molar-refractivity contribution in [2.45, 2.75) is 6.42 Å². The average molecular weight is 298 g/mol. The van der Waals surface area contributed by atoms with E-state index in [9.17, 15) is 4.79 Å². The molecule has 1 N–H and O–H groups in total. The Morgan fingerprint density at radius 1 is 1.45 bits per heavy atom. The highest BCUT2D eigenvalue weighted by Crippen LogP contribution is 2.16. The fourth-order valence-electron chi connectivity index (χ4n) is 1.51. The van der Waals surface area contributed by atoms with Gasteiger partial charge in [0.1, 0.15) is 5.15 Å². The zero-order valence-electron chi connectivity index (χ0n) is 11.3. The topological polar surface area (TPSA) is 68.7 Å². The van der Waals surface area contributed by atoms with Crippen molar-refractivity contribution in [1.82, 2.24) is 4.98 Å². The highest BCUT2D eigenvalue weighted by atomic mass is 35.5. The molecule has 0 amide bonds. The lowest BCUT2D eigenvalue weighted by atomic mass is 10.1. The van der Waals surface area contributed by atoms with Crippen LogP contribution in [0.3, 0.4) is 0 Å². The summed E-state index contributed by atoms with van der Waals surface area (Å²) in [5.41, 5.74) is 0.939. The van der Waals surface area contributed by atoms with Gasteiger partial charge in [-0.1, -0.05) is 23.8 Å². The molecule has 0 fully saturated rings. The van der Waals surface area contributed by atoms with Crippen LogP contribution in [0.1, 0.15) is 22.3 Å². The van der Waals surface area contributed by atoms with Gasteiger partial charge in [-0.3, -0.25) is 0 Å². The van der Waals surface area contributed by atoms with Crippen LogP contribution in [-0.2, 0) is 9.47 Å². The smallest absolute Gasteiger partial charge is 0.338 e. The number of carbonyl (C=O) groups is 1. The Morgan fingerprint density at radius 2 is 2.20 bits per heavy atom. The van der Waals surface area contributed by atoms with Crippen molar-refractivity contribution in [2.24, 2.45) is 0 Å². The lowest BCUT2D eigenvalue weighted by molar-refractivity contribution is 0.0600. The van der Waals surface area contributed by atoms with E-state index in [4.69, 9.17) is 26.2 Å². The van der Waals surface area contributed by atoms with Gasteiger partial charge in [0.15, 0.2) is 0 Å². The Balaban J connectivity index is 2.92. The van der Waals surface area contributed by atoms with Gasteiger partial charge in [0, 0.05) is 18.2 Å². The molecule has 108 valence electrons. The van der Waals surface area contributed by atoms with Crippen molar-refractivity contribution >= 4 is 23.6 Å². The van der Waals surface area contributed by atoms with Crippen molar-refractivity contribution in [3.8, 4) is 0 Å². The second-order valence-electron chi connectivity index (χ2n) is 3.75. The van der Waals surface area contributed by atoms with Gasteiger partial charge in [0.05, 0.1) is 32.1 Å². The number of carbonyl (C=O) groups excluding carboxylic acids is 1. The number of aliphatic hydroxyl groups excluding tert-OH is 1. The van der Waals surface area contributed by atoms with Gasteiger partial charge in [-0.15, -0.1) is 0 Å². The van der Waals surface area contributed by atoms with Gasteiger partial charge >= 0.3 is 5.97 Å². The van der Waals surface area contributed by atoms with E-state index in [0.29, 0.717) is 23.3 Å². The van der Waals surface area contributed by atoms with Gasteiger partial charge in [0.25, 0.3) is 0 Å². The van der Waals surface area contributed by atoms with Gasteiger partial charge in [-0.25, -0.2) is 9.78 Å². The Hall–Kier alpha value is -1.85. The van der Waals surface area contributed by atoms with Crippen LogP contribution in [0.5, 0.6) is 0 Å². The third-order valence-electron chi connectivity index (χ3n) is 2.50. The molecule has 1 rings (SSSR count). The number of hydrogen-bond donors (Lipinski definition) is 1. The predicted octanol–water partition coefficient (Wildman–Crippen LogP) is 2.45. The second kappa shape index (κ2) is 8.35. The quantitative estimate of drug-likeness (QED) is 0.496. The van der Waals surface area contributed by atoms with Crippen LogP contribution in [-0.4, -0.2) is 36.9 Å². The second-order valence-corrected chi connectivity index (χ2v) is 4.14. The summed E-state index contributed by atoms with van der Waals surface area (Å²) in [5, 5.41) is 9.02. The number of halogens is 1. The lowest BCUT2D eigenvalue weighted by Gasteiger charge is -2.05. The van der Waals surface area contributed by atoms with E-state index in [-0.39, 0.29) is 11.8 Å². The molecule has 0 aliphatic rings. The third kappa shape index (κ3) is 4.68. The number of pyridine rings is 1. The molecule has 0 atom stereocenters. The molecule has 1 aromatic rings. The molecule has 20 heavy (non-hydrogen) atoms. The minimum atomic E-state index is -0.480. The van der Waals surface area contributed by atoms with Crippen LogP contribution >= 0.6 is 11.6 Å². The zero-order chi connectivity index (χ0) is 15.0. The molecule has 0 aliphatic heterocycles. The van der Waals surface area contributed by atoms with E-state index in [1.807, 2.05) is 0 Å². The van der Waals surface area contributed by atoms with Crippen LogP contribution in [0, 0.1) is 0 Å². The maximum Gasteiger partial charge on any atom is 0.338 e. The van der Waals surface area contributed by atoms with Gasteiger partial charge in [-0.05, 0) is 12.1 Å². The fourth-order valence-corrected chi connectivity index (χ4v) is 1.67. The molecule has 0 radical (unpaired) electrons. The molecule has 0 saturated carbocycles. The first-order valence-electron chi connectivity index (χ1n) is 5.86. The Bertz CT molecular complexity index is 526. The predicted molar refractivity (Wildman–Crippen MR) is 76.4 cm³/mol. The van der Waals surface area contributed by atoms with Crippen molar-refractivity contribution in [3.63, 3.8) is 0 Å². The van der Waals surface area contributed by atoms with Gasteiger partial charge < -0.3 is 14.6 Å². The summed E-state index contributed by atoms with van der Waals surface area (Å²) in [7, 11) is 2.83. The van der Waals surface area contributed by atoms with E-state index in [1.54, 1.807) is 18.2 Å². The Labute approximate surface area is 122 Å². The largest absolute Gasteiger partial charge is 0.501 e. The first-order chi connectivity index (χ1) is 9.62. The molecule has 0 spiro atoms. The fraction of sp³-hybridized carbons (Fsp3) is 0.286. The maximum atomic E-state index is 11.6. The first-order valence-corrected chi connectivity index (χ1v) is 6.24. The number of methoxy groups -OCH3 is 2. The number of ether oxygens (including phenoxy) is 2. The van der Waals surface area contributed by atoms with Gasteiger partial charge in [0.2, 0.25) is 0 Å². The first kappa shape index (κ1) is 16.2. The number of rotatable bonds is 6. The molecule has 0 unspecified atom stereocenters. The summed E-state index contributed by atoms with van der Waals surface area (Å²) >= 11 is 5.77. The van der Waals surface area contributed by atoms with E-state index in [1.165, 1.54) is 26.5 Å². The summed E-state index contributed by atoms with van der Waals surface area (Å²) in [6.07, 6.45) is 7.06. The number of allylic oxidation sites excluding steroid dienone is 1. The highest BCUT2D eigenvalue weighted by molar-refractivity contribution is 6.29. The lowest BCUT2D eigenvalue weighted by Crippen LogP contribution is -2.04. The summed E-state index contributed by atoms with van der Waals surface area (Å²) in [5.74, 6) is 0.150. The van der Waals surface area contributed by atoms with Crippen molar-refractivity contribution < 1.29 is 19.4 Å². The normalized spacial score (nSPS) is 11.7. The molecule has 0 aliphatic carbocycles. The molecule has 0 saturated heterocycles. The van der Waals surface area contributed by atoms with Crippen LogP contribution in [0.15, 0.2) is 30.2 Å². The van der Waals surface area contributed by atoms with E-state index < -0.39 is 5.97 Å². The van der Waals surface area contributed by atoms with Crippen molar-refractivity contribution in [2.75, 3.05) is 20.8 Å². The molecule has 5 nitrogen and oxygen atoms in total.